The van der Waals surface area contributed by atoms with E-state index in [4.69, 9.17) is 5.73 Å². The van der Waals surface area contributed by atoms with Crippen LogP contribution in [-0.4, -0.2) is 40.1 Å². The Morgan fingerprint density at radius 2 is 2.40 bits per heavy atom. The number of likely N-dealkylation sites (tertiary alicyclic amines) is 1. The van der Waals surface area contributed by atoms with Gasteiger partial charge in [0.05, 0.1) is 11.7 Å². The van der Waals surface area contributed by atoms with Gasteiger partial charge in [0.25, 0.3) is 5.91 Å². The summed E-state index contributed by atoms with van der Waals surface area (Å²) < 4.78 is 0. The molecule has 1 fully saturated rings. The van der Waals surface area contributed by atoms with Gasteiger partial charge >= 0.3 is 0 Å². The van der Waals surface area contributed by atoms with E-state index >= 15 is 0 Å². The third kappa shape index (κ3) is 2.29. The van der Waals surface area contributed by atoms with E-state index < -0.39 is 0 Å². The molecule has 20 heavy (non-hydrogen) atoms. The van der Waals surface area contributed by atoms with E-state index in [1.807, 2.05) is 23.1 Å². The maximum Gasteiger partial charge on any atom is 0.253 e. The fourth-order valence-electron chi connectivity index (χ4n) is 2.92. The van der Waals surface area contributed by atoms with Gasteiger partial charge in [0.2, 0.25) is 0 Å². The number of fused-ring (bicyclic) bond motifs is 1. The van der Waals surface area contributed by atoms with Gasteiger partial charge in [-0.05, 0) is 24.5 Å². The van der Waals surface area contributed by atoms with E-state index in [0.717, 1.165) is 36.8 Å². The van der Waals surface area contributed by atoms with Gasteiger partial charge in [-0.1, -0.05) is 19.4 Å². The molecule has 1 amide bonds. The fraction of sp³-hybridized carbons (Fsp3) is 0.467. The molecule has 1 aromatic carbocycles. The smallest absolute Gasteiger partial charge is 0.253 e. The molecule has 3 N–H and O–H groups in total. The van der Waals surface area contributed by atoms with Crippen molar-refractivity contribution in [2.45, 2.75) is 25.8 Å². The van der Waals surface area contributed by atoms with Crippen molar-refractivity contribution in [2.24, 2.45) is 11.7 Å². The number of nitrogens with one attached hydrogen (secondary N) is 1. The Hall–Kier alpha value is -1.88. The largest absolute Gasteiger partial charge is 0.338 e. The number of benzene rings is 1. The second-order valence-electron chi connectivity index (χ2n) is 5.54. The molecule has 2 atom stereocenters. The molecule has 0 spiro atoms. The maximum absolute atomic E-state index is 12.6. The summed E-state index contributed by atoms with van der Waals surface area (Å²) in [4.78, 5) is 14.5. The lowest BCUT2D eigenvalue weighted by atomic mass is 9.90. The van der Waals surface area contributed by atoms with Crippen LogP contribution in [0.2, 0.25) is 0 Å². The molecule has 0 saturated carbocycles. The SMILES string of the molecule is CCC1CN(C(=O)c2ccc3cn[nH]c3c2)CCC1N. The lowest BCUT2D eigenvalue weighted by Crippen LogP contribution is -2.49. The summed E-state index contributed by atoms with van der Waals surface area (Å²) in [5, 5.41) is 7.91. The highest BCUT2D eigenvalue weighted by atomic mass is 16.2. The zero-order valence-corrected chi connectivity index (χ0v) is 11.7. The van der Waals surface area contributed by atoms with Crippen LogP contribution in [0, 0.1) is 5.92 Å². The summed E-state index contributed by atoms with van der Waals surface area (Å²) in [6.45, 7) is 3.64. The lowest BCUT2D eigenvalue weighted by Gasteiger charge is -2.36. The van der Waals surface area contributed by atoms with Crippen LogP contribution in [0.1, 0.15) is 30.1 Å². The molecule has 3 rings (SSSR count). The molecule has 106 valence electrons. The first kappa shape index (κ1) is 13.1. The van der Waals surface area contributed by atoms with Crippen molar-refractivity contribution in [3.63, 3.8) is 0 Å². The van der Waals surface area contributed by atoms with E-state index in [0.29, 0.717) is 11.5 Å². The van der Waals surface area contributed by atoms with Gasteiger partial charge in [-0.2, -0.15) is 5.10 Å². The summed E-state index contributed by atoms with van der Waals surface area (Å²) >= 11 is 0. The predicted octanol–water partition coefficient (Wildman–Crippen LogP) is 1.76. The monoisotopic (exact) mass is 272 g/mol. The van der Waals surface area contributed by atoms with Gasteiger partial charge in [0.15, 0.2) is 0 Å². The number of carbonyl (C=O) groups is 1. The topological polar surface area (TPSA) is 75.0 Å². The van der Waals surface area contributed by atoms with Crippen molar-refractivity contribution in [1.29, 1.82) is 0 Å². The number of nitrogens with two attached hydrogens (primary N) is 1. The number of amides is 1. The Bertz CT molecular complexity index is 621. The average molecular weight is 272 g/mol. The summed E-state index contributed by atoms with van der Waals surface area (Å²) in [6.07, 6.45) is 3.66. The quantitative estimate of drug-likeness (QED) is 0.874. The molecule has 5 heteroatoms. The van der Waals surface area contributed by atoms with E-state index in [2.05, 4.69) is 17.1 Å². The number of aromatic nitrogens is 2. The third-order valence-electron chi connectivity index (χ3n) is 4.29. The summed E-state index contributed by atoms with van der Waals surface area (Å²) in [6, 6.07) is 5.90. The van der Waals surface area contributed by atoms with Crippen LogP contribution in [-0.2, 0) is 0 Å². The number of rotatable bonds is 2. The number of hydrogen-bond acceptors (Lipinski definition) is 3. The van der Waals surface area contributed by atoms with Gasteiger partial charge < -0.3 is 10.6 Å². The molecular weight excluding hydrogens is 252 g/mol. The second kappa shape index (κ2) is 5.25. The van der Waals surface area contributed by atoms with Crippen molar-refractivity contribution < 1.29 is 4.79 Å². The normalized spacial score (nSPS) is 23.2. The zero-order valence-electron chi connectivity index (χ0n) is 11.7. The number of hydrogen-bond donors (Lipinski definition) is 2. The Kier molecular flexibility index (Phi) is 3.44. The van der Waals surface area contributed by atoms with Crippen LogP contribution in [0.25, 0.3) is 10.9 Å². The van der Waals surface area contributed by atoms with E-state index in [1.54, 1.807) is 6.20 Å². The molecule has 1 aliphatic heterocycles. The number of nitrogens with zero attached hydrogens (tertiary/aromatic N) is 2. The van der Waals surface area contributed by atoms with Crippen molar-refractivity contribution in [3.05, 3.63) is 30.0 Å². The van der Waals surface area contributed by atoms with Crippen molar-refractivity contribution >= 4 is 16.8 Å². The standard InChI is InChI=1S/C15H20N4O/c1-2-10-9-19(6-5-13(10)16)15(20)11-3-4-12-8-17-18-14(12)7-11/h3-4,7-8,10,13H,2,5-6,9,16H2,1H3,(H,17,18). The van der Waals surface area contributed by atoms with Crippen LogP contribution in [0.3, 0.4) is 0 Å². The van der Waals surface area contributed by atoms with Crippen molar-refractivity contribution in [3.8, 4) is 0 Å². The highest BCUT2D eigenvalue weighted by Crippen LogP contribution is 2.21. The Balaban J connectivity index is 1.81. The fourth-order valence-corrected chi connectivity index (χ4v) is 2.92. The van der Waals surface area contributed by atoms with Crippen LogP contribution in [0.5, 0.6) is 0 Å². The molecule has 1 aromatic heterocycles. The lowest BCUT2D eigenvalue weighted by molar-refractivity contribution is 0.0649. The Morgan fingerprint density at radius 1 is 1.55 bits per heavy atom. The molecule has 0 aliphatic carbocycles. The molecule has 2 unspecified atom stereocenters. The first-order valence-corrected chi connectivity index (χ1v) is 7.17. The minimum atomic E-state index is 0.0897. The average Bonchev–Trinajstić information content (AvgIpc) is 2.94. The van der Waals surface area contributed by atoms with Gasteiger partial charge in [-0.3, -0.25) is 9.89 Å². The molecule has 0 bridgehead atoms. The van der Waals surface area contributed by atoms with Crippen LogP contribution in [0.15, 0.2) is 24.4 Å². The number of aromatic amines is 1. The number of H-pyrrole nitrogens is 1. The molecule has 5 nitrogen and oxygen atoms in total. The highest BCUT2D eigenvalue weighted by molar-refractivity contribution is 5.97. The Labute approximate surface area is 118 Å². The number of piperidine rings is 1. The first-order chi connectivity index (χ1) is 9.69. The zero-order chi connectivity index (χ0) is 14.1. The van der Waals surface area contributed by atoms with E-state index in [9.17, 15) is 4.79 Å². The van der Waals surface area contributed by atoms with E-state index in [-0.39, 0.29) is 11.9 Å². The van der Waals surface area contributed by atoms with Crippen LogP contribution < -0.4 is 5.73 Å². The van der Waals surface area contributed by atoms with Crippen LogP contribution in [0.4, 0.5) is 0 Å². The molecular formula is C15H20N4O. The summed E-state index contributed by atoms with van der Waals surface area (Å²) in [5.41, 5.74) is 7.71. The predicted molar refractivity (Wildman–Crippen MR) is 78.4 cm³/mol. The van der Waals surface area contributed by atoms with Gasteiger partial charge in [-0.25, -0.2) is 0 Å². The van der Waals surface area contributed by atoms with Gasteiger partial charge in [-0.15, -0.1) is 0 Å². The highest BCUT2D eigenvalue weighted by Gasteiger charge is 2.28. The van der Waals surface area contributed by atoms with E-state index in [1.165, 1.54) is 0 Å². The van der Waals surface area contributed by atoms with Gasteiger partial charge in [0, 0.05) is 30.1 Å². The van der Waals surface area contributed by atoms with Gasteiger partial charge in [0.1, 0.15) is 0 Å². The maximum atomic E-state index is 12.6. The summed E-state index contributed by atoms with van der Waals surface area (Å²) in [7, 11) is 0. The second-order valence-corrected chi connectivity index (χ2v) is 5.54. The molecule has 1 aliphatic rings. The van der Waals surface area contributed by atoms with Crippen LogP contribution >= 0.6 is 0 Å². The number of carbonyl (C=O) groups excluding carboxylic acids is 1. The summed E-state index contributed by atoms with van der Waals surface area (Å²) in [5.74, 6) is 0.496. The van der Waals surface area contributed by atoms with Crippen molar-refractivity contribution in [1.82, 2.24) is 15.1 Å². The Morgan fingerprint density at radius 3 is 3.20 bits per heavy atom. The molecule has 1 saturated heterocycles. The molecule has 0 radical (unpaired) electrons. The minimum Gasteiger partial charge on any atom is -0.338 e. The molecule has 2 heterocycles. The first-order valence-electron chi connectivity index (χ1n) is 7.17. The van der Waals surface area contributed by atoms with Crippen molar-refractivity contribution in [2.75, 3.05) is 13.1 Å². The minimum absolute atomic E-state index is 0.0897. The molecule has 2 aromatic rings. The third-order valence-corrected chi connectivity index (χ3v) is 4.29.